The molecule has 0 aromatic heterocycles. The first-order valence-corrected chi connectivity index (χ1v) is 14.9. The topological polar surface area (TPSA) is 83.5 Å². The molecule has 5 unspecified atom stereocenters. The van der Waals surface area contributed by atoms with Crippen molar-refractivity contribution in [2.45, 2.75) is 97.9 Å². The molecule has 4 aliphatic carbocycles. The van der Waals surface area contributed by atoms with Crippen molar-refractivity contribution in [1.82, 2.24) is 4.72 Å². The van der Waals surface area contributed by atoms with Crippen LogP contribution in [0.1, 0.15) is 91.9 Å². The average molecular weight is 468 g/mol. The second kappa shape index (κ2) is 8.55. The molecule has 32 heavy (non-hydrogen) atoms. The first kappa shape index (κ1) is 24.5. The Morgan fingerprint density at radius 1 is 1.06 bits per heavy atom. The summed E-state index contributed by atoms with van der Waals surface area (Å²) in [5.41, 5.74) is 0.531. The van der Waals surface area contributed by atoms with Crippen LogP contribution in [0.3, 0.4) is 0 Å². The summed E-state index contributed by atoms with van der Waals surface area (Å²) in [4.78, 5) is 11.2. The number of rotatable bonds is 6. The number of hydrogen-bond donors (Lipinski definition) is 2. The minimum absolute atomic E-state index is 0.0519. The van der Waals surface area contributed by atoms with E-state index < -0.39 is 16.0 Å². The van der Waals surface area contributed by atoms with Crippen LogP contribution < -0.4 is 4.72 Å². The Kier molecular flexibility index (Phi) is 6.55. The molecule has 4 rings (SSSR count). The predicted molar refractivity (Wildman–Crippen MR) is 128 cm³/mol. The number of fused-ring (bicyclic) bond motifs is 5. The highest BCUT2D eigenvalue weighted by Crippen LogP contribution is 2.68. The zero-order chi connectivity index (χ0) is 23.5. The molecule has 0 bridgehead atoms. The lowest BCUT2D eigenvalue weighted by Crippen LogP contribution is -2.61. The molecule has 4 aliphatic rings. The van der Waals surface area contributed by atoms with Crippen LogP contribution >= 0.6 is 0 Å². The normalized spacial score (nSPS) is 47.2. The number of carbonyl (C=O) groups is 1. The molecule has 0 aromatic carbocycles. The molecule has 0 saturated heterocycles. The molecule has 0 radical (unpaired) electrons. The van der Waals surface area contributed by atoms with E-state index >= 15 is 0 Å². The molecule has 10 atom stereocenters. The Hall–Kier alpha value is -0.620. The van der Waals surface area contributed by atoms with Crippen molar-refractivity contribution in [3.8, 4) is 0 Å². The third-order valence-corrected chi connectivity index (χ3v) is 11.6. The summed E-state index contributed by atoms with van der Waals surface area (Å²) in [5, 5.41) is 9.19. The van der Waals surface area contributed by atoms with Crippen molar-refractivity contribution in [3.63, 3.8) is 0 Å². The zero-order valence-corrected chi connectivity index (χ0v) is 21.6. The molecular weight excluding hydrogens is 422 g/mol. The Morgan fingerprint density at radius 2 is 1.72 bits per heavy atom. The van der Waals surface area contributed by atoms with E-state index in [4.69, 9.17) is 0 Å². The van der Waals surface area contributed by atoms with E-state index in [1.165, 1.54) is 44.8 Å². The molecule has 2 N–H and O–H groups in total. The molecule has 184 valence electrons. The fourth-order valence-corrected chi connectivity index (χ4v) is 10.2. The van der Waals surface area contributed by atoms with Gasteiger partial charge in [0.15, 0.2) is 0 Å². The minimum atomic E-state index is -3.26. The van der Waals surface area contributed by atoms with Gasteiger partial charge < -0.3 is 5.11 Å². The summed E-state index contributed by atoms with van der Waals surface area (Å²) in [7, 11) is -3.26. The number of aliphatic carboxylic acids is 1. The summed E-state index contributed by atoms with van der Waals surface area (Å²) in [6, 6.07) is 0.0519. The number of carboxylic acid groups (broad SMARTS) is 1. The van der Waals surface area contributed by atoms with Gasteiger partial charge in [-0.3, -0.25) is 4.79 Å². The average Bonchev–Trinajstić information content (AvgIpc) is 3.03. The highest BCUT2D eigenvalue weighted by Gasteiger charge is 2.63. The third kappa shape index (κ3) is 4.28. The van der Waals surface area contributed by atoms with Gasteiger partial charge in [0, 0.05) is 12.5 Å². The van der Waals surface area contributed by atoms with E-state index in [0.717, 1.165) is 25.2 Å². The molecule has 0 aliphatic heterocycles. The number of nitrogens with one attached hydrogen (secondary N) is 1. The quantitative estimate of drug-likeness (QED) is 0.554. The van der Waals surface area contributed by atoms with Gasteiger partial charge in [0.25, 0.3) is 0 Å². The van der Waals surface area contributed by atoms with E-state index in [2.05, 4.69) is 32.4 Å². The SMILES string of the molecule is CC1CC[C@]2(C)C3CC[C@@]4(C)C(CCC4[C@H](C)CCC(=O)O)C3[C@H](NS(C)(=O)=O)C[C@H]2C1. The van der Waals surface area contributed by atoms with Gasteiger partial charge in [0.2, 0.25) is 10.0 Å². The maximum atomic E-state index is 12.4. The largest absolute Gasteiger partial charge is 0.481 e. The smallest absolute Gasteiger partial charge is 0.303 e. The zero-order valence-electron chi connectivity index (χ0n) is 20.8. The van der Waals surface area contributed by atoms with Gasteiger partial charge in [-0.15, -0.1) is 0 Å². The summed E-state index contributed by atoms with van der Waals surface area (Å²) in [5.74, 6) is 3.15. The Morgan fingerprint density at radius 3 is 2.38 bits per heavy atom. The van der Waals surface area contributed by atoms with E-state index in [1.807, 2.05) is 0 Å². The van der Waals surface area contributed by atoms with Gasteiger partial charge in [0.05, 0.1) is 6.26 Å². The molecule has 6 heteroatoms. The van der Waals surface area contributed by atoms with Crippen LogP contribution in [-0.4, -0.2) is 31.8 Å². The van der Waals surface area contributed by atoms with E-state index in [9.17, 15) is 18.3 Å². The number of carboxylic acids is 1. The lowest BCUT2D eigenvalue weighted by molar-refractivity contribution is -0.138. The maximum absolute atomic E-state index is 12.4. The monoisotopic (exact) mass is 467 g/mol. The van der Waals surface area contributed by atoms with Crippen molar-refractivity contribution in [3.05, 3.63) is 0 Å². The van der Waals surface area contributed by atoms with Crippen molar-refractivity contribution >= 4 is 16.0 Å². The van der Waals surface area contributed by atoms with Crippen molar-refractivity contribution in [1.29, 1.82) is 0 Å². The van der Waals surface area contributed by atoms with Crippen molar-refractivity contribution in [2.24, 2.45) is 52.3 Å². The van der Waals surface area contributed by atoms with Crippen LogP contribution in [0.25, 0.3) is 0 Å². The molecule has 0 aromatic rings. The van der Waals surface area contributed by atoms with Crippen LogP contribution in [0.2, 0.25) is 0 Å². The van der Waals surface area contributed by atoms with Crippen molar-refractivity contribution < 1.29 is 18.3 Å². The molecule has 0 spiro atoms. The van der Waals surface area contributed by atoms with Gasteiger partial charge in [-0.1, -0.05) is 34.1 Å². The van der Waals surface area contributed by atoms with Crippen LogP contribution in [0.4, 0.5) is 0 Å². The lowest BCUT2D eigenvalue weighted by Gasteiger charge is -2.63. The van der Waals surface area contributed by atoms with Crippen LogP contribution in [0.15, 0.2) is 0 Å². The van der Waals surface area contributed by atoms with Gasteiger partial charge in [-0.25, -0.2) is 13.1 Å². The predicted octanol–water partition coefficient (Wildman–Crippen LogP) is 5.31. The Balaban J connectivity index is 1.64. The van der Waals surface area contributed by atoms with Crippen LogP contribution in [0, 0.1) is 52.3 Å². The van der Waals surface area contributed by atoms with Crippen LogP contribution in [-0.2, 0) is 14.8 Å². The highest BCUT2D eigenvalue weighted by atomic mass is 32.2. The number of sulfonamides is 1. The third-order valence-electron chi connectivity index (χ3n) is 10.9. The number of hydrogen-bond acceptors (Lipinski definition) is 3. The van der Waals surface area contributed by atoms with Gasteiger partial charge in [0.1, 0.15) is 0 Å². The van der Waals surface area contributed by atoms with E-state index in [0.29, 0.717) is 40.9 Å². The fourth-order valence-electron chi connectivity index (χ4n) is 9.41. The van der Waals surface area contributed by atoms with Crippen molar-refractivity contribution in [2.75, 3.05) is 6.26 Å². The molecular formula is C26H45NO4S. The second-order valence-electron chi connectivity index (χ2n) is 12.7. The second-order valence-corrected chi connectivity index (χ2v) is 14.5. The van der Waals surface area contributed by atoms with Gasteiger partial charge in [-0.2, -0.15) is 0 Å². The summed E-state index contributed by atoms with van der Waals surface area (Å²) in [6.07, 6.45) is 11.9. The lowest BCUT2D eigenvalue weighted by atomic mass is 9.43. The van der Waals surface area contributed by atoms with Crippen LogP contribution in [0.5, 0.6) is 0 Å². The Labute approximate surface area is 195 Å². The maximum Gasteiger partial charge on any atom is 0.303 e. The summed E-state index contributed by atoms with van der Waals surface area (Å²) < 4.78 is 27.9. The molecule has 5 nitrogen and oxygen atoms in total. The highest BCUT2D eigenvalue weighted by molar-refractivity contribution is 7.88. The van der Waals surface area contributed by atoms with E-state index in [-0.39, 0.29) is 17.9 Å². The van der Waals surface area contributed by atoms with Gasteiger partial charge >= 0.3 is 5.97 Å². The molecule has 0 amide bonds. The standard InChI is InChI=1S/C26H45NO4S/c1-16-10-12-25(3)18(14-16)15-22(27-32(5,30)31)24-20-8-7-19(17(2)6-9-23(28)29)26(20,4)13-11-21(24)25/h16-22,24,27H,6-15H2,1-5H3,(H,28,29)/t16?,17-,18-,19?,20?,21?,22-,24?,25+,26-/m1/s1. The van der Waals surface area contributed by atoms with E-state index in [1.54, 1.807) is 0 Å². The minimum Gasteiger partial charge on any atom is -0.481 e. The van der Waals surface area contributed by atoms with Gasteiger partial charge in [-0.05, 0) is 104 Å². The fraction of sp³-hybridized carbons (Fsp3) is 0.962. The molecule has 4 fully saturated rings. The first-order chi connectivity index (χ1) is 14.8. The molecule has 0 heterocycles. The Bertz CT molecular complexity index is 828. The first-order valence-electron chi connectivity index (χ1n) is 13.0. The summed E-state index contributed by atoms with van der Waals surface area (Å²) in [6.45, 7) is 9.60. The summed E-state index contributed by atoms with van der Waals surface area (Å²) >= 11 is 0. The molecule has 4 saturated carbocycles.